The lowest BCUT2D eigenvalue weighted by atomic mass is 10.2. The lowest BCUT2D eigenvalue weighted by molar-refractivity contribution is 0.621. The number of rotatable bonds is 4. The van der Waals surface area contributed by atoms with E-state index in [0.717, 1.165) is 6.20 Å². The van der Waals surface area contributed by atoms with Crippen LogP contribution in [-0.4, -0.2) is 41.2 Å². The minimum absolute atomic E-state index is 0.290. The summed E-state index contributed by atoms with van der Waals surface area (Å²) in [5, 5.41) is 6.97. The molecule has 0 fully saturated rings. The Kier molecular flexibility index (Phi) is 3.46. The third-order valence-corrected chi connectivity index (χ3v) is 2.55. The summed E-state index contributed by atoms with van der Waals surface area (Å²) in [6.45, 7) is 2.56. The molecule has 0 aliphatic rings. The minimum atomic E-state index is -0.458. The zero-order valence-electron chi connectivity index (χ0n) is 11.1. The van der Waals surface area contributed by atoms with Crippen molar-refractivity contribution in [2.45, 2.75) is 6.92 Å². The van der Waals surface area contributed by atoms with Gasteiger partial charge in [0.2, 0.25) is 5.95 Å². The molecule has 3 aromatic heterocycles. The Morgan fingerprint density at radius 1 is 1.19 bits per heavy atom. The fourth-order valence-electron chi connectivity index (χ4n) is 1.68. The molecule has 8 nitrogen and oxygen atoms in total. The van der Waals surface area contributed by atoms with Gasteiger partial charge in [-0.1, -0.05) is 0 Å². The molecule has 9 heteroatoms. The molecule has 0 aromatic carbocycles. The molecule has 3 rings (SSSR count). The van der Waals surface area contributed by atoms with Gasteiger partial charge in [0.15, 0.2) is 5.82 Å². The number of hydrogen-bond donors (Lipinski definition) is 1. The van der Waals surface area contributed by atoms with E-state index in [0.29, 0.717) is 23.9 Å². The second-order valence-electron chi connectivity index (χ2n) is 4.04. The van der Waals surface area contributed by atoms with E-state index >= 15 is 0 Å². The lowest BCUT2D eigenvalue weighted by Crippen LogP contribution is -2.10. The fraction of sp³-hybridized carbons (Fsp3) is 0.167. The average Bonchev–Trinajstić information content (AvgIpc) is 3.01. The molecule has 0 saturated heterocycles. The monoisotopic (exact) mass is 286 g/mol. The van der Waals surface area contributed by atoms with E-state index in [1.165, 1.54) is 29.6 Å². The molecule has 3 aromatic rings. The van der Waals surface area contributed by atoms with Crippen LogP contribution in [0.25, 0.3) is 17.3 Å². The van der Waals surface area contributed by atoms with Gasteiger partial charge in [0.05, 0.1) is 6.20 Å². The first-order chi connectivity index (χ1) is 10.3. The van der Waals surface area contributed by atoms with Crippen molar-refractivity contribution in [3.05, 3.63) is 36.9 Å². The van der Waals surface area contributed by atoms with Crippen LogP contribution in [0.3, 0.4) is 0 Å². The van der Waals surface area contributed by atoms with Gasteiger partial charge in [-0.25, -0.2) is 9.37 Å². The zero-order chi connectivity index (χ0) is 14.7. The Hall–Kier alpha value is -2.97. The molecule has 1 N–H and O–H groups in total. The number of nitrogens with zero attached hydrogens (tertiary/aromatic N) is 7. The number of nitrogens with one attached hydrogen (secondary N) is 1. The van der Waals surface area contributed by atoms with E-state index in [-0.39, 0.29) is 5.95 Å². The Balaban J connectivity index is 2.11. The molecule has 0 amide bonds. The normalized spacial score (nSPS) is 10.6. The van der Waals surface area contributed by atoms with Crippen molar-refractivity contribution >= 4 is 5.95 Å². The summed E-state index contributed by atoms with van der Waals surface area (Å²) >= 11 is 0. The van der Waals surface area contributed by atoms with Crippen molar-refractivity contribution in [3.63, 3.8) is 0 Å². The molecule has 0 radical (unpaired) electrons. The predicted molar refractivity (Wildman–Crippen MR) is 72.1 cm³/mol. The van der Waals surface area contributed by atoms with Crippen LogP contribution in [0.4, 0.5) is 10.3 Å². The van der Waals surface area contributed by atoms with Gasteiger partial charge in [-0.15, -0.1) is 0 Å². The molecule has 21 heavy (non-hydrogen) atoms. The third kappa shape index (κ3) is 2.81. The summed E-state index contributed by atoms with van der Waals surface area (Å²) in [7, 11) is 0. The first kappa shape index (κ1) is 13.0. The van der Waals surface area contributed by atoms with Gasteiger partial charge >= 0.3 is 0 Å². The molecule has 0 aliphatic heterocycles. The molecule has 0 saturated carbocycles. The first-order valence-electron chi connectivity index (χ1n) is 6.22. The Morgan fingerprint density at radius 3 is 2.81 bits per heavy atom. The molecule has 0 spiro atoms. The van der Waals surface area contributed by atoms with Gasteiger partial charge in [-0.3, -0.25) is 4.98 Å². The highest BCUT2D eigenvalue weighted by atomic mass is 19.1. The molecule has 0 bridgehead atoms. The van der Waals surface area contributed by atoms with Gasteiger partial charge in [-0.2, -0.15) is 24.7 Å². The second kappa shape index (κ2) is 5.57. The fourth-order valence-corrected chi connectivity index (χ4v) is 1.68. The van der Waals surface area contributed by atoms with Crippen LogP contribution in [0, 0.1) is 5.82 Å². The van der Waals surface area contributed by atoms with Crippen molar-refractivity contribution < 1.29 is 4.39 Å². The smallest absolute Gasteiger partial charge is 0.257 e. The maximum Gasteiger partial charge on any atom is 0.257 e. The van der Waals surface area contributed by atoms with Crippen molar-refractivity contribution in [2.75, 3.05) is 11.9 Å². The average molecular weight is 286 g/mol. The second-order valence-corrected chi connectivity index (χ2v) is 4.04. The number of halogens is 1. The van der Waals surface area contributed by atoms with Crippen LogP contribution in [0.15, 0.2) is 31.1 Å². The maximum absolute atomic E-state index is 13.3. The van der Waals surface area contributed by atoms with Crippen molar-refractivity contribution in [2.24, 2.45) is 0 Å². The minimum Gasteiger partial charge on any atom is -0.354 e. The molecule has 0 unspecified atom stereocenters. The van der Waals surface area contributed by atoms with Crippen LogP contribution in [0.5, 0.6) is 0 Å². The number of anilines is 1. The molecular formula is C12H11FN8. The summed E-state index contributed by atoms with van der Waals surface area (Å²) < 4.78 is 14.7. The lowest BCUT2D eigenvalue weighted by Gasteiger charge is -2.07. The Morgan fingerprint density at radius 2 is 2.10 bits per heavy atom. The Bertz CT molecular complexity index is 743. The van der Waals surface area contributed by atoms with Crippen LogP contribution in [0.2, 0.25) is 0 Å². The quantitative estimate of drug-likeness (QED) is 0.767. The summed E-state index contributed by atoms with van der Waals surface area (Å²) in [6, 6.07) is 1.31. The highest BCUT2D eigenvalue weighted by molar-refractivity contribution is 5.55. The van der Waals surface area contributed by atoms with E-state index in [9.17, 15) is 4.39 Å². The van der Waals surface area contributed by atoms with Crippen molar-refractivity contribution in [1.82, 2.24) is 34.7 Å². The number of aromatic nitrogens is 7. The maximum atomic E-state index is 13.3. The summed E-state index contributed by atoms with van der Waals surface area (Å²) in [4.78, 5) is 20.4. The summed E-state index contributed by atoms with van der Waals surface area (Å²) in [6.07, 6.45) is 5.45. The van der Waals surface area contributed by atoms with E-state index in [4.69, 9.17) is 0 Å². The SMILES string of the molecule is CCNc1nc(-c2cncc(F)c2)nc(-n2cncn2)n1. The highest BCUT2D eigenvalue weighted by Gasteiger charge is 2.11. The van der Waals surface area contributed by atoms with Gasteiger partial charge in [0.1, 0.15) is 18.5 Å². The zero-order valence-corrected chi connectivity index (χ0v) is 11.1. The molecule has 0 atom stereocenters. The first-order valence-corrected chi connectivity index (χ1v) is 6.22. The standard InChI is InChI=1S/C12H11FN8/c1-2-16-11-18-10(8-3-9(13)5-14-4-8)19-12(20-11)21-7-15-6-17-21/h3-7H,2H2,1H3,(H,16,18,19,20). The summed E-state index contributed by atoms with van der Waals surface area (Å²) in [5.41, 5.74) is 0.456. The van der Waals surface area contributed by atoms with Crippen LogP contribution in [0.1, 0.15) is 6.92 Å². The van der Waals surface area contributed by atoms with Crippen LogP contribution >= 0.6 is 0 Å². The van der Waals surface area contributed by atoms with Crippen LogP contribution in [-0.2, 0) is 0 Å². The summed E-state index contributed by atoms with van der Waals surface area (Å²) in [5.74, 6) is 0.508. The van der Waals surface area contributed by atoms with E-state index < -0.39 is 5.82 Å². The van der Waals surface area contributed by atoms with Gasteiger partial charge in [0.25, 0.3) is 5.95 Å². The van der Waals surface area contributed by atoms with Crippen LogP contribution < -0.4 is 5.32 Å². The molecule has 3 heterocycles. The highest BCUT2D eigenvalue weighted by Crippen LogP contribution is 2.17. The van der Waals surface area contributed by atoms with E-state index in [1.54, 1.807) is 0 Å². The molecule has 0 aliphatic carbocycles. The van der Waals surface area contributed by atoms with E-state index in [1.807, 2.05) is 6.92 Å². The van der Waals surface area contributed by atoms with Crippen molar-refractivity contribution in [1.29, 1.82) is 0 Å². The van der Waals surface area contributed by atoms with Gasteiger partial charge in [-0.05, 0) is 13.0 Å². The van der Waals surface area contributed by atoms with Crippen molar-refractivity contribution in [3.8, 4) is 17.3 Å². The molecular weight excluding hydrogens is 275 g/mol. The predicted octanol–water partition coefficient (Wildman–Crippen LogP) is 1.09. The number of pyridine rings is 1. The molecule has 106 valence electrons. The Labute approximate surface area is 119 Å². The number of hydrogen-bond acceptors (Lipinski definition) is 7. The largest absolute Gasteiger partial charge is 0.354 e. The topological polar surface area (TPSA) is 94.3 Å². The third-order valence-electron chi connectivity index (χ3n) is 2.55. The van der Waals surface area contributed by atoms with Gasteiger partial charge < -0.3 is 5.32 Å². The van der Waals surface area contributed by atoms with E-state index in [2.05, 4.69) is 35.3 Å². The van der Waals surface area contributed by atoms with Gasteiger partial charge in [0, 0.05) is 18.3 Å².